The largest absolute Gasteiger partial charge is 0.480 e. The number of aliphatic carboxylic acids is 1. The van der Waals surface area contributed by atoms with Crippen molar-refractivity contribution in [1.29, 1.82) is 0 Å². The van der Waals surface area contributed by atoms with Gasteiger partial charge < -0.3 is 20.2 Å². The summed E-state index contributed by atoms with van der Waals surface area (Å²) >= 11 is 0. The lowest BCUT2D eigenvalue weighted by atomic mass is 10.1. The van der Waals surface area contributed by atoms with Crippen LogP contribution in [0.3, 0.4) is 0 Å². The molecule has 0 rings (SSSR count). The van der Waals surface area contributed by atoms with Crippen molar-refractivity contribution < 1.29 is 29.0 Å². The summed E-state index contributed by atoms with van der Waals surface area (Å²) in [6.07, 6.45) is 10.8. The summed E-state index contributed by atoms with van der Waals surface area (Å²) in [5, 5.41) is 11.1. The van der Waals surface area contributed by atoms with Crippen LogP contribution in [0, 0.1) is 0 Å². The van der Waals surface area contributed by atoms with Crippen molar-refractivity contribution in [2.24, 2.45) is 0 Å². The standard InChI is InChI=1S/C18H30NO6P/c1-4-5-6-8-14(2)9-7-10-15(3)11-12-17(20)19-16(18(21)22)13-26(23,24)25/h4-5,9,11,16H,6-8,10,12-13H2,1-3H3,(H,19,20)(H,21,22)(H2,23,24,25)/b5-4+,14-9+,15-11+/t16-/m0/s1. The van der Waals surface area contributed by atoms with E-state index in [-0.39, 0.29) is 6.42 Å². The first-order valence-corrected chi connectivity index (χ1v) is 10.3. The maximum absolute atomic E-state index is 11.8. The molecule has 0 aliphatic heterocycles. The van der Waals surface area contributed by atoms with Gasteiger partial charge in [-0.15, -0.1) is 0 Å². The number of nitrogens with one attached hydrogen (secondary N) is 1. The first-order chi connectivity index (χ1) is 12.0. The third-order valence-electron chi connectivity index (χ3n) is 3.66. The van der Waals surface area contributed by atoms with E-state index in [2.05, 4.69) is 24.4 Å². The van der Waals surface area contributed by atoms with E-state index in [1.165, 1.54) is 5.57 Å². The Balaban J connectivity index is 4.38. The SMILES string of the molecule is C/C=C/CC/C(C)=C/CC/C(C)=C/CC(=O)N[C@@H](CP(=O)(O)O)C(=O)O. The second kappa shape index (κ2) is 12.6. The summed E-state index contributed by atoms with van der Waals surface area (Å²) in [7, 11) is -4.53. The van der Waals surface area contributed by atoms with E-state index in [1.54, 1.807) is 6.08 Å². The predicted octanol–water partition coefficient (Wildman–Crippen LogP) is 3.15. The minimum absolute atomic E-state index is 0.0270. The smallest absolute Gasteiger partial charge is 0.328 e. The Hall–Kier alpha value is -1.69. The number of carboxylic acids is 1. The van der Waals surface area contributed by atoms with Gasteiger partial charge in [0, 0.05) is 6.42 Å². The molecule has 0 spiro atoms. The van der Waals surface area contributed by atoms with Gasteiger partial charge in [-0.25, -0.2) is 4.79 Å². The molecule has 0 fully saturated rings. The molecular formula is C18H30NO6P. The molecule has 1 amide bonds. The van der Waals surface area contributed by atoms with Crippen LogP contribution in [0.25, 0.3) is 0 Å². The minimum Gasteiger partial charge on any atom is -0.480 e. The summed E-state index contributed by atoms with van der Waals surface area (Å²) < 4.78 is 10.9. The number of hydrogen-bond donors (Lipinski definition) is 4. The van der Waals surface area contributed by atoms with Crippen molar-refractivity contribution in [3.63, 3.8) is 0 Å². The average molecular weight is 387 g/mol. The molecule has 0 aromatic carbocycles. The molecule has 0 aromatic rings. The Labute approximate surface area is 155 Å². The summed E-state index contributed by atoms with van der Waals surface area (Å²) in [5.74, 6) is -2.05. The van der Waals surface area contributed by atoms with Gasteiger partial charge in [-0.3, -0.25) is 9.36 Å². The molecule has 0 heterocycles. The normalized spacial score (nSPS) is 14.5. The first-order valence-electron chi connectivity index (χ1n) is 8.54. The third kappa shape index (κ3) is 13.6. The van der Waals surface area contributed by atoms with Crippen LogP contribution in [0.15, 0.2) is 35.5 Å². The van der Waals surface area contributed by atoms with Crippen molar-refractivity contribution in [2.75, 3.05) is 6.16 Å². The maximum atomic E-state index is 11.8. The summed E-state index contributed by atoms with van der Waals surface area (Å²) in [6.45, 7) is 5.97. The van der Waals surface area contributed by atoms with Crippen LogP contribution in [-0.2, 0) is 14.2 Å². The number of carbonyl (C=O) groups excluding carboxylic acids is 1. The number of hydrogen-bond acceptors (Lipinski definition) is 3. The molecule has 0 aliphatic carbocycles. The van der Waals surface area contributed by atoms with Gasteiger partial charge in [0.2, 0.25) is 5.91 Å². The lowest BCUT2D eigenvalue weighted by Crippen LogP contribution is -2.43. The third-order valence-corrected chi connectivity index (χ3v) is 4.50. The van der Waals surface area contributed by atoms with Crippen molar-refractivity contribution in [3.05, 3.63) is 35.5 Å². The predicted molar refractivity (Wildman–Crippen MR) is 102 cm³/mol. The topological polar surface area (TPSA) is 124 Å². The highest BCUT2D eigenvalue weighted by atomic mass is 31.2. The highest BCUT2D eigenvalue weighted by Gasteiger charge is 2.28. The molecule has 0 unspecified atom stereocenters. The van der Waals surface area contributed by atoms with Crippen molar-refractivity contribution >= 4 is 19.5 Å². The quantitative estimate of drug-likeness (QED) is 0.301. The summed E-state index contributed by atoms with van der Waals surface area (Å²) in [5.41, 5.74) is 2.31. The van der Waals surface area contributed by atoms with Crippen LogP contribution in [0.1, 0.15) is 52.9 Å². The Kier molecular flexibility index (Phi) is 11.8. The molecule has 148 valence electrons. The molecule has 7 nitrogen and oxygen atoms in total. The second-order valence-corrected chi connectivity index (χ2v) is 7.95. The molecule has 0 saturated carbocycles. The zero-order valence-corrected chi connectivity index (χ0v) is 16.5. The van der Waals surface area contributed by atoms with Gasteiger partial charge in [0.05, 0.1) is 6.16 Å². The number of allylic oxidation sites excluding steroid dienone is 5. The number of carboxylic acid groups (broad SMARTS) is 1. The van der Waals surface area contributed by atoms with Crippen LogP contribution in [0.4, 0.5) is 0 Å². The van der Waals surface area contributed by atoms with Crippen molar-refractivity contribution in [1.82, 2.24) is 5.32 Å². The van der Waals surface area contributed by atoms with Gasteiger partial charge in [-0.2, -0.15) is 0 Å². The van der Waals surface area contributed by atoms with Crippen LogP contribution >= 0.6 is 7.60 Å². The molecule has 0 aromatic heterocycles. The van der Waals surface area contributed by atoms with Gasteiger partial charge in [-0.05, 0) is 46.5 Å². The van der Waals surface area contributed by atoms with Crippen LogP contribution in [0.2, 0.25) is 0 Å². The van der Waals surface area contributed by atoms with Gasteiger partial charge in [-0.1, -0.05) is 35.5 Å². The Bertz CT molecular complexity index is 603. The summed E-state index contributed by atoms with van der Waals surface area (Å²) in [6, 6.07) is -1.60. The van der Waals surface area contributed by atoms with Crippen LogP contribution < -0.4 is 5.32 Å². The highest BCUT2D eigenvalue weighted by molar-refractivity contribution is 7.51. The molecule has 0 radical (unpaired) electrons. The summed E-state index contributed by atoms with van der Waals surface area (Å²) in [4.78, 5) is 40.5. The van der Waals surface area contributed by atoms with Gasteiger partial charge in [0.15, 0.2) is 0 Å². The number of amides is 1. The maximum Gasteiger partial charge on any atom is 0.328 e. The first kappa shape index (κ1) is 24.3. The molecule has 1 atom stereocenters. The van der Waals surface area contributed by atoms with E-state index in [0.717, 1.165) is 31.3 Å². The van der Waals surface area contributed by atoms with Gasteiger partial charge >= 0.3 is 13.6 Å². The monoisotopic (exact) mass is 387 g/mol. The van der Waals surface area contributed by atoms with Gasteiger partial charge in [0.25, 0.3) is 0 Å². The molecule has 0 bridgehead atoms. The minimum atomic E-state index is -4.53. The fourth-order valence-electron chi connectivity index (χ4n) is 2.17. The lowest BCUT2D eigenvalue weighted by Gasteiger charge is -2.14. The molecular weight excluding hydrogens is 357 g/mol. The second-order valence-electron chi connectivity index (χ2n) is 6.26. The van der Waals surface area contributed by atoms with E-state index in [1.807, 2.05) is 19.9 Å². The zero-order chi connectivity index (χ0) is 20.2. The van der Waals surface area contributed by atoms with E-state index in [0.29, 0.717) is 0 Å². The van der Waals surface area contributed by atoms with Crippen LogP contribution in [0.5, 0.6) is 0 Å². The fraction of sp³-hybridized carbons (Fsp3) is 0.556. The lowest BCUT2D eigenvalue weighted by molar-refractivity contribution is -0.141. The fourth-order valence-corrected chi connectivity index (χ4v) is 2.89. The van der Waals surface area contributed by atoms with E-state index in [4.69, 9.17) is 14.9 Å². The molecule has 8 heteroatoms. The van der Waals surface area contributed by atoms with E-state index < -0.39 is 31.7 Å². The highest BCUT2D eigenvalue weighted by Crippen LogP contribution is 2.34. The molecule has 0 aliphatic rings. The average Bonchev–Trinajstić information content (AvgIpc) is 2.51. The van der Waals surface area contributed by atoms with E-state index in [9.17, 15) is 14.2 Å². The Morgan fingerprint density at radius 2 is 1.65 bits per heavy atom. The van der Waals surface area contributed by atoms with Crippen molar-refractivity contribution in [3.8, 4) is 0 Å². The molecule has 0 saturated heterocycles. The Morgan fingerprint density at radius 3 is 2.19 bits per heavy atom. The Morgan fingerprint density at radius 1 is 1.08 bits per heavy atom. The van der Waals surface area contributed by atoms with Crippen molar-refractivity contribution in [2.45, 2.75) is 58.9 Å². The van der Waals surface area contributed by atoms with E-state index >= 15 is 0 Å². The van der Waals surface area contributed by atoms with Crippen LogP contribution in [-0.4, -0.2) is 39.0 Å². The molecule has 26 heavy (non-hydrogen) atoms. The zero-order valence-electron chi connectivity index (χ0n) is 15.6. The number of carbonyl (C=O) groups is 2. The van der Waals surface area contributed by atoms with Gasteiger partial charge in [0.1, 0.15) is 6.04 Å². The number of rotatable bonds is 12. The molecule has 4 N–H and O–H groups in total.